The van der Waals surface area contributed by atoms with Gasteiger partial charge in [0.25, 0.3) is 5.91 Å². The Balaban J connectivity index is 1.27. The second-order valence-electron chi connectivity index (χ2n) is 8.52. The van der Waals surface area contributed by atoms with Crippen molar-refractivity contribution in [1.82, 2.24) is 25.0 Å². The molecule has 4 heterocycles. The van der Waals surface area contributed by atoms with E-state index in [2.05, 4.69) is 27.1 Å². The summed E-state index contributed by atoms with van der Waals surface area (Å²) in [4.78, 5) is 21.3. The van der Waals surface area contributed by atoms with Crippen molar-refractivity contribution in [3.05, 3.63) is 53.9 Å². The number of carbonyl (C=O) groups excluding carboxylic acids is 1. The lowest BCUT2D eigenvalue weighted by Crippen LogP contribution is -2.59. The zero-order valence-corrected chi connectivity index (χ0v) is 18.3. The number of carbonyl (C=O) groups is 1. The highest BCUT2D eigenvalue weighted by atomic mass is 16.5. The topological polar surface area (TPSA) is 93.8 Å². The lowest BCUT2D eigenvalue weighted by atomic mass is 9.77. The van der Waals surface area contributed by atoms with Gasteiger partial charge < -0.3 is 18.8 Å². The molecule has 0 radical (unpaired) electrons. The molecule has 0 bridgehead atoms. The van der Waals surface area contributed by atoms with Crippen LogP contribution in [0, 0.1) is 5.41 Å². The molecule has 1 amide bonds. The van der Waals surface area contributed by atoms with Gasteiger partial charge in [-0.2, -0.15) is 4.98 Å². The minimum atomic E-state index is -0.0853. The van der Waals surface area contributed by atoms with Gasteiger partial charge in [0.1, 0.15) is 5.56 Å². The summed E-state index contributed by atoms with van der Waals surface area (Å²) in [5.41, 5.74) is 1.36. The van der Waals surface area contributed by atoms with Crippen LogP contribution < -0.4 is 9.47 Å². The van der Waals surface area contributed by atoms with Crippen LogP contribution in [0.4, 0.5) is 0 Å². The zero-order valence-electron chi connectivity index (χ0n) is 18.3. The maximum Gasteiger partial charge on any atom is 0.259 e. The van der Waals surface area contributed by atoms with Crippen molar-refractivity contribution in [1.29, 1.82) is 0 Å². The summed E-state index contributed by atoms with van der Waals surface area (Å²) in [6.45, 7) is 2.20. The van der Waals surface area contributed by atoms with Gasteiger partial charge in [0, 0.05) is 36.7 Å². The molecule has 32 heavy (non-hydrogen) atoms. The highest BCUT2D eigenvalue weighted by molar-refractivity contribution is 5.97. The molecule has 1 unspecified atom stereocenters. The molecule has 2 aromatic heterocycles. The Morgan fingerprint density at radius 3 is 2.56 bits per heavy atom. The number of benzene rings is 1. The van der Waals surface area contributed by atoms with E-state index in [0.717, 1.165) is 18.5 Å². The summed E-state index contributed by atoms with van der Waals surface area (Å²) in [5, 5.41) is 8.55. The first-order chi connectivity index (χ1) is 15.5. The Morgan fingerprint density at radius 2 is 1.84 bits per heavy atom. The summed E-state index contributed by atoms with van der Waals surface area (Å²) in [5.74, 6) is 1.75. The first kappa shape index (κ1) is 20.4. The van der Waals surface area contributed by atoms with E-state index < -0.39 is 0 Å². The normalized spacial score (nSPS) is 19.7. The molecule has 0 aliphatic carbocycles. The number of methoxy groups -OCH3 is 2. The van der Waals surface area contributed by atoms with Crippen molar-refractivity contribution in [3.8, 4) is 23.2 Å². The van der Waals surface area contributed by atoms with E-state index in [9.17, 15) is 4.79 Å². The zero-order chi connectivity index (χ0) is 22.3. The smallest absolute Gasteiger partial charge is 0.259 e. The molecule has 1 aromatic carbocycles. The van der Waals surface area contributed by atoms with Crippen molar-refractivity contribution in [2.75, 3.05) is 40.9 Å². The average molecular weight is 435 g/mol. The molecular weight excluding hydrogens is 410 g/mol. The predicted molar refractivity (Wildman–Crippen MR) is 115 cm³/mol. The number of likely N-dealkylation sites (tertiary alicyclic amines) is 2. The van der Waals surface area contributed by atoms with Crippen LogP contribution in [0.15, 0.2) is 46.9 Å². The molecule has 2 saturated heterocycles. The standard InChI is InChI=1S/C23H25N5O4/c1-27-12-23(11-17(27)21-26-25-19(32-21)15-7-5-4-6-8-15)13-28(14-23)22(29)16-9-10-18(30-2)24-20(16)31-3/h4-10,17H,11-14H2,1-3H3. The van der Waals surface area contributed by atoms with Gasteiger partial charge in [-0.1, -0.05) is 18.2 Å². The highest BCUT2D eigenvalue weighted by Gasteiger charge is 2.53. The molecule has 166 valence electrons. The van der Waals surface area contributed by atoms with E-state index in [0.29, 0.717) is 36.3 Å². The fourth-order valence-corrected chi connectivity index (χ4v) is 4.77. The Hall–Kier alpha value is -3.46. The Labute approximate surface area is 186 Å². The molecule has 1 atom stereocenters. The van der Waals surface area contributed by atoms with Crippen molar-refractivity contribution in [2.45, 2.75) is 12.5 Å². The Kier molecular flexibility index (Phi) is 5.05. The van der Waals surface area contributed by atoms with E-state index >= 15 is 0 Å². The second-order valence-corrected chi connectivity index (χ2v) is 8.52. The number of rotatable bonds is 5. The van der Waals surface area contributed by atoms with Crippen LogP contribution >= 0.6 is 0 Å². The van der Waals surface area contributed by atoms with Gasteiger partial charge in [-0.3, -0.25) is 9.69 Å². The minimum absolute atomic E-state index is 0.0175. The van der Waals surface area contributed by atoms with E-state index in [1.54, 1.807) is 12.1 Å². The van der Waals surface area contributed by atoms with Gasteiger partial charge in [-0.25, -0.2) is 0 Å². The molecule has 9 nitrogen and oxygen atoms in total. The fraction of sp³-hybridized carbons (Fsp3) is 0.391. The third-order valence-corrected chi connectivity index (χ3v) is 6.30. The van der Waals surface area contributed by atoms with Crippen molar-refractivity contribution in [3.63, 3.8) is 0 Å². The molecule has 2 aliphatic heterocycles. The molecular formula is C23H25N5O4. The predicted octanol–water partition coefficient (Wildman–Crippen LogP) is 2.67. The van der Waals surface area contributed by atoms with E-state index in [1.165, 1.54) is 14.2 Å². The minimum Gasteiger partial charge on any atom is -0.481 e. The van der Waals surface area contributed by atoms with Crippen molar-refractivity contribution < 1.29 is 18.7 Å². The monoisotopic (exact) mass is 435 g/mol. The van der Waals surface area contributed by atoms with Crippen LogP contribution in [0.25, 0.3) is 11.5 Å². The first-order valence-corrected chi connectivity index (χ1v) is 10.5. The number of hydrogen-bond acceptors (Lipinski definition) is 8. The van der Waals surface area contributed by atoms with Gasteiger partial charge in [0.05, 0.1) is 20.3 Å². The number of nitrogens with zero attached hydrogens (tertiary/aromatic N) is 5. The van der Waals surface area contributed by atoms with Gasteiger partial charge in [0.2, 0.25) is 23.5 Å². The van der Waals surface area contributed by atoms with Crippen LogP contribution in [-0.2, 0) is 0 Å². The van der Waals surface area contributed by atoms with Crippen LogP contribution in [0.3, 0.4) is 0 Å². The van der Waals surface area contributed by atoms with Crippen LogP contribution in [0.2, 0.25) is 0 Å². The number of hydrogen-bond donors (Lipinski definition) is 0. The molecule has 9 heteroatoms. The lowest BCUT2D eigenvalue weighted by molar-refractivity contribution is 0.0112. The van der Waals surface area contributed by atoms with Gasteiger partial charge in [-0.05, 0) is 31.7 Å². The summed E-state index contributed by atoms with van der Waals surface area (Å²) in [6.07, 6.45) is 0.863. The summed E-state index contributed by atoms with van der Waals surface area (Å²) < 4.78 is 16.4. The number of aromatic nitrogens is 3. The Morgan fingerprint density at radius 1 is 1.06 bits per heavy atom. The summed E-state index contributed by atoms with van der Waals surface area (Å²) >= 11 is 0. The SMILES string of the molecule is COc1ccc(C(=O)N2CC3(CC(c4nnc(-c5ccccc5)o4)N(C)C3)C2)c(OC)n1. The fourth-order valence-electron chi connectivity index (χ4n) is 4.77. The largest absolute Gasteiger partial charge is 0.481 e. The number of amides is 1. The van der Waals surface area contributed by atoms with E-state index in [4.69, 9.17) is 13.9 Å². The third-order valence-electron chi connectivity index (χ3n) is 6.30. The lowest BCUT2D eigenvalue weighted by Gasteiger charge is -2.48. The van der Waals surface area contributed by atoms with Crippen LogP contribution in [0.5, 0.6) is 11.8 Å². The molecule has 1 spiro atoms. The second kappa shape index (κ2) is 7.90. The first-order valence-electron chi connectivity index (χ1n) is 10.5. The van der Waals surface area contributed by atoms with Crippen LogP contribution in [0.1, 0.15) is 28.7 Å². The molecule has 2 aliphatic rings. The Bertz CT molecular complexity index is 1130. The maximum absolute atomic E-state index is 13.1. The third kappa shape index (κ3) is 3.48. The van der Waals surface area contributed by atoms with Crippen LogP contribution in [-0.4, -0.2) is 71.8 Å². The molecule has 3 aromatic rings. The average Bonchev–Trinajstić information content (AvgIpc) is 3.42. The quantitative estimate of drug-likeness (QED) is 0.604. The van der Waals surface area contributed by atoms with E-state index in [1.807, 2.05) is 35.2 Å². The maximum atomic E-state index is 13.1. The van der Waals surface area contributed by atoms with Gasteiger partial charge >= 0.3 is 0 Å². The summed E-state index contributed by atoms with van der Waals surface area (Å²) in [6, 6.07) is 13.2. The molecule has 0 saturated carbocycles. The molecule has 5 rings (SSSR count). The van der Waals surface area contributed by atoms with Gasteiger partial charge in [0.15, 0.2) is 0 Å². The highest BCUT2D eigenvalue weighted by Crippen LogP contribution is 2.48. The van der Waals surface area contributed by atoms with E-state index in [-0.39, 0.29) is 23.2 Å². The summed E-state index contributed by atoms with van der Waals surface area (Å²) in [7, 11) is 5.09. The molecule has 0 N–H and O–H groups in total. The van der Waals surface area contributed by atoms with Crippen molar-refractivity contribution >= 4 is 5.91 Å². The number of ether oxygens (including phenoxy) is 2. The van der Waals surface area contributed by atoms with Gasteiger partial charge in [-0.15, -0.1) is 10.2 Å². The molecule has 2 fully saturated rings. The van der Waals surface area contributed by atoms with Crippen molar-refractivity contribution in [2.24, 2.45) is 5.41 Å². The number of pyridine rings is 1.